The van der Waals surface area contributed by atoms with Gasteiger partial charge < -0.3 is 0 Å². The molecule has 0 bridgehead atoms. The van der Waals surface area contributed by atoms with Crippen molar-refractivity contribution < 1.29 is 4.39 Å². The summed E-state index contributed by atoms with van der Waals surface area (Å²) in [7, 11) is 0. The second-order valence-corrected chi connectivity index (χ2v) is 2.55. The monoisotopic (exact) mass is 173 g/mol. The number of benzene rings is 1. The number of nitrogens with zero attached hydrogens (tertiary/aromatic N) is 2. The average molecular weight is 173 g/mol. The molecule has 0 amide bonds. The molecule has 2 nitrogen and oxygen atoms in total. The minimum absolute atomic E-state index is 0.267. The van der Waals surface area contributed by atoms with E-state index in [0.717, 1.165) is 5.56 Å². The summed E-state index contributed by atoms with van der Waals surface area (Å²) in [6, 6.07) is 7.97. The Bertz CT molecular complexity index is 401. The van der Waals surface area contributed by atoms with Gasteiger partial charge in [-0.1, -0.05) is 12.1 Å². The van der Waals surface area contributed by atoms with E-state index >= 15 is 0 Å². The lowest BCUT2D eigenvalue weighted by atomic mass is 10.1. The van der Waals surface area contributed by atoms with Crippen LogP contribution in [0.5, 0.6) is 0 Å². The van der Waals surface area contributed by atoms with Gasteiger partial charge in [0, 0.05) is 11.8 Å². The van der Waals surface area contributed by atoms with Gasteiger partial charge in [0.25, 0.3) is 0 Å². The zero-order valence-electron chi connectivity index (χ0n) is 6.74. The second-order valence-electron chi connectivity index (χ2n) is 2.55. The highest BCUT2D eigenvalue weighted by atomic mass is 19.1. The quantitative estimate of drug-likeness (QED) is 0.659. The molecule has 2 rings (SSSR count). The fraction of sp³-hybridized carbons (Fsp3) is 0. The van der Waals surface area contributed by atoms with Crippen LogP contribution in [0.1, 0.15) is 0 Å². The van der Waals surface area contributed by atoms with E-state index in [1.165, 1.54) is 12.1 Å². The Labute approximate surface area is 75.1 Å². The van der Waals surface area contributed by atoms with Crippen LogP contribution >= 0.6 is 0 Å². The Morgan fingerprint density at radius 1 is 1.23 bits per heavy atom. The summed E-state index contributed by atoms with van der Waals surface area (Å²) in [5.41, 5.74) is 1.41. The van der Waals surface area contributed by atoms with E-state index in [0.29, 0.717) is 5.69 Å². The van der Waals surface area contributed by atoms with Crippen molar-refractivity contribution in [2.24, 2.45) is 0 Å². The van der Waals surface area contributed by atoms with Crippen LogP contribution in [0.2, 0.25) is 0 Å². The van der Waals surface area contributed by atoms with Gasteiger partial charge in [0.2, 0.25) is 0 Å². The largest absolute Gasteiger partial charge is 0.234 e. The summed E-state index contributed by atoms with van der Waals surface area (Å²) in [4.78, 5) is 7.55. The first-order chi connectivity index (χ1) is 6.36. The molecule has 0 atom stereocenters. The number of hydrogen-bond acceptors (Lipinski definition) is 2. The van der Waals surface area contributed by atoms with Gasteiger partial charge in [0.05, 0.1) is 5.69 Å². The summed E-state index contributed by atoms with van der Waals surface area (Å²) < 4.78 is 12.8. The van der Waals surface area contributed by atoms with Gasteiger partial charge in [0.15, 0.2) is 6.33 Å². The summed E-state index contributed by atoms with van der Waals surface area (Å²) in [6.07, 6.45) is 4.03. The molecule has 1 aromatic heterocycles. The number of halogens is 1. The van der Waals surface area contributed by atoms with Crippen LogP contribution < -0.4 is 0 Å². The molecule has 1 aromatic carbocycles. The average Bonchev–Trinajstić information content (AvgIpc) is 2.19. The molecule has 0 spiro atoms. The third kappa shape index (κ3) is 1.69. The SMILES string of the molecule is Fc1cccc(-c2ccn[c]n2)c1. The van der Waals surface area contributed by atoms with Gasteiger partial charge in [-0.3, -0.25) is 0 Å². The van der Waals surface area contributed by atoms with Gasteiger partial charge in [0.1, 0.15) is 5.82 Å². The lowest BCUT2D eigenvalue weighted by molar-refractivity contribution is 0.628. The minimum Gasteiger partial charge on any atom is -0.234 e. The number of aromatic nitrogens is 2. The highest BCUT2D eigenvalue weighted by molar-refractivity contribution is 5.57. The maximum Gasteiger partial charge on any atom is 0.198 e. The summed E-state index contributed by atoms with van der Waals surface area (Å²) in [6.45, 7) is 0. The number of rotatable bonds is 1. The highest BCUT2D eigenvalue weighted by Gasteiger charge is 1.98. The standard InChI is InChI=1S/C10H6FN2/c11-9-3-1-2-8(6-9)10-4-5-12-7-13-10/h1-6H. The van der Waals surface area contributed by atoms with E-state index in [4.69, 9.17) is 0 Å². The van der Waals surface area contributed by atoms with Gasteiger partial charge in [-0.25, -0.2) is 14.4 Å². The van der Waals surface area contributed by atoms with E-state index in [1.54, 1.807) is 24.4 Å². The first-order valence-electron chi connectivity index (χ1n) is 3.81. The fourth-order valence-electron chi connectivity index (χ4n) is 1.07. The van der Waals surface area contributed by atoms with Crippen molar-refractivity contribution in [1.82, 2.24) is 9.97 Å². The van der Waals surface area contributed by atoms with Gasteiger partial charge in [-0.05, 0) is 18.2 Å². The van der Waals surface area contributed by atoms with E-state index in [1.807, 2.05) is 0 Å². The van der Waals surface area contributed by atoms with Crippen LogP contribution in [0.3, 0.4) is 0 Å². The van der Waals surface area contributed by atoms with Gasteiger partial charge in [-0.2, -0.15) is 0 Å². The summed E-state index contributed by atoms with van der Waals surface area (Å²) >= 11 is 0. The molecule has 0 aliphatic heterocycles. The molecule has 0 aliphatic rings. The predicted molar refractivity (Wildman–Crippen MR) is 46.3 cm³/mol. The van der Waals surface area contributed by atoms with Gasteiger partial charge >= 0.3 is 0 Å². The maximum absolute atomic E-state index is 12.8. The molecule has 1 radical (unpaired) electrons. The van der Waals surface area contributed by atoms with Crippen LogP contribution in [0.15, 0.2) is 36.5 Å². The summed E-state index contributed by atoms with van der Waals surface area (Å²) in [5.74, 6) is -0.267. The second kappa shape index (κ2) is 3.31. The lowest BCUT2D eigenvalue weighted by Gasteiger charge is -1.97. The van der Waals surface area contributed by atoms with E-state index in [9.17, 15) is 4.39 Å². The van der Waals surface area contributed by atoms with Crippen LogP contribution in [-0.4, -0.2) is 9.97 Å². The molecule has 63 valence electrons. The molecule has 0 saturated heterocycles. The van der Waals surface area contributed by atoms with Crippen molar-refractivity contribution in [2.45, 2.75) is 0 Å². The normalized spacial score (nSPS) is 9.92. The number of hydrogen-bond donors (Lipinski definition) is 0. The molecular weight excluding hydrogens is 167 g/mol. The zero-order chi connectivity index (χ0) is 9.10. The molecule has 0 N–H and O–H groups in total. The van der Waals surface area contributed by atoms with Crippen molar-refractivity contribution in [3.63, 3.8) is 0 Å². The molecule has 2 aromatic rings. The first kappa shape index (κ1) is 7.86. The fourth-order valence-corrected chi connectivity index (χ4v) is 1.07. The van der Waals surface area contributed by atoms with Crippen LogP contribution in [-0.2, 0) is 0 Å². The third-order valence-electron chi connectivity index (χ3n) is 1.66. The van der Waals surface area contributed by atoms with E-state index in [2.05, 4.69) is 16.3 Å². The molecule has 0 unspecified atom stereocenters. The van der Waals surface area contributed by atoms with Crippen molar-refractivity contribution in [1.29, 1.82) is 0 Å². The Hall–Kier alpha value is -1.77. The lowest BCUT2D eigenvalue weighted by Crippen LogP contribution is -1.84. The molecular formula is C10H6FN2. The van der Waals surface area contributed by atoms with Crippen molar-refractivity contribution >= 4 is 0 Å². The Kier molecular flexibility index (Phi) is 2.00. The Morgan fingerprint density at radius 2 is 2.15 bits per heavy atom. The first-order valence-corrected chi connectivity index (χ1v) is 3.81. The van der Waals surface area contributed by atoms with Crippen molar-refractivity contribution in [2.75, 3.05) is 0 Å². The van der Waals surface area contributed by atoms with E-state index in [-0.39, 0.29) is 5.82 Å². The van der Waals surface area contributed by atoms with Crippen LogP contribution in [0, 0.1) is 12.1 Å². The zero-order valence-corrected chi connectivity index (χ0v) is 6.74. The molecule has 1 heterocycles. The Morgan fingerprint density at radius 3 is 2.85 bits per heavy atom. The minimum atomic E-state index is -0.267. The smallest absolute Gasteiger partial charge is 0.198 e. The summed E-state index contributed by atoms with van der Waals surface area (Å²) in [5, 5.41) is 0. The maximum atomic E-state index is 12.8. The molecule has 0 aliphatic carbocycles. The third-order valence-corrected chi connectivity index (χ3v) is 1.66. The van der Waals surface area contributed by atoms with Crippen molar-refractivity contribution in [3.05, 3.63) is 48.7 Å². The van der Waals surface area contributed by atoms with Crippen molar-refractivity contribution in [3.8, 4) is 11.3 Å². The topological polar surface area (TPSA) is 25.8 Å². The predicted octanol–water partition coefficient (Wildman–Crippen LogP) is 2.08. The van der Waals surface area contributed by atoms with E-state index < -0.39 is 0 Å². The van der Waals surface area contributed by atoms with Crippen LogP contribution in [0.25, 0.3) is 11.3 Å². The van der Waals surface area contributed by atoms with Gasteiger partial charge in [-0.15, -0.1) is 0 Å². The molecule has 0 fully saturated rings. The molecule has 13 heavy (non-hydrogen) atoms. The molecule has 3 heteroatoms. The van der Waals surface area contributed by atoms with Crippen LogP contribution in [0.4, 0.5) is 4.39 Å². The highest BCUT2D eigenvalue weighted by Crippen LogP contribution is 2.15. The molecule has 0 saturated carbocycles. The Balaban J connectivity index is 2.48.